The van der Waals surface area contributed by atoms with E-state index in [1.807, 2.05) is 39.8 Å². The Morgan fingerprint density at radius 3 is 2.67 bits per heavy atom. The SMILES string of the molecule is C[C@@H](SCc1cccc(Br)c1)C(=O)NC(C)(C)C. The molecule has 1 rings (SSSR count). The minimum absolute atomic E-state index is 0.0387. The Morgan fingerprint density at radius 1 is 1.44 bits per heavy atom. The summed E-state index contributed by atoms with van der Waals surface area (Å²) in [5.41, 5.74) is 1.06. The Labute approximate surface area is 122 Å². The number of carbonyl (C=O) groups is 1. The standard InChI is InChI=1S/C14H20BrNOS/c1-10(13(17)16-14(2,3)4)18-9-11-6-5-7-12(15)8-11/h5-8,10H,9H2,1-4H3,(H,16,17)/t10-/m1/s1. The Balaban J connectivity index is 2.46. The predicted molar refractivity (Wildman–Crippen MR) is 82.8 cm³/mol. The van der Waals surface area contributed by atoms with E-state index >= 15 is 0 Å². The van der Waals surface area contributed by atoms with Crippen LogP contribution in [-0.4, -0.2) is 16.7 Å². The molecule has 0 radical (unpaired) electrons. The van der Waals surface area contributed by atoms with Crippen molar-refractivity contribution in [1.29, 1.82) is 0 Å². The summed E-state index contributed by atoms with van der Waals surface area (Å²) < 4.78 is 1.08. The number of nitrogens with one attached hydrogen (secondary N) is 1. The predicted octanol–water partition coefficient (Wildman–Crippen LogP) is 3.99. The van der Waals surface area contributed by atoms with Gasteiger partial charge in [0.2, 0.25) is 5.91 Å². The van der Waals surface area contributed by atoms with Crippen LogP contribution in [-0.2, 0) is 10.5 Å². The quantitative estimate of drug-likeness (QED) is 0.904. The molecule has 0 fully saturated rings. The van der Waals surface area contributed by atoms with Gasteiger partial charge in [-0.1, -0.05) is 28.1 Å². The fourth-order valence-electron chi connectivity index (χ4n) is 1.39. The number of rotatable bonds is 4. The third-order valence-electron chi connectivity index (χ3n) is 2.26. The highest BCUT2D eigenvalue weighted by Gasteiger charge is 2.19. The Bertz CT molecular complexity index is 415. The van der Waals surface area contributed by atoms with Crippen LogP contribution in [0.15, 0.2) is 28.7 Å². The second-order valence-corrected chi connectivity index (χ2v) is 7.57. The van der Waals surface area contributed by atoms with Crippen LogP contribution in [0.5, 0.6) is 0 Å². The first-order valence-electron chi connectivity index (χ1n) is 5.96. The lowest BCUT2D eigenvalue weighted by molar-refractivity contribution is -0.121. The Hall–Kier alpha value is -0.480. The molecule has 2 nitrogen and oxygen atoms in total. The van der Waals surface area contributed by atoms with Crippen molar-refractivity contribution in [3.8, 4) is 0 Å². The van der Waals surface area contributed by atoms with Gasteiger partial charge in [-0.25, -0.2) is 0 Å². The van der Waals surface area contributed by atoms with Crippen molar-refractivity contribution < 1.29 is 4.79 Å². The largest absolute Gasteiger partial charge is 0.351 e. The molecule has 100 valence electrons. The lowest BCUT2D eigenvalue weighted by Crippen LogP contribution is -2.44. The number of carbonyl (C=O) groups excluding carboxylic acids is 1. The van der Waals surface area contributed by atoms with Crippen molar-refractivity contribution in [1.82, 2.24) is 5.32 Å². The number of hydrogen-bond donors (Lipinski definition) is 1. The molecule has 4 heteroatoms. The molecule has 0 heterocycles. The third-order valence-corrected chi connectivity index (χ3v) is 3.96. The normalized spacial score (nSPS) is 13.2. The number of amides is 1. The molecule has 0 aromatic heterocycles. The van der Waals surface area contributed by atoms with Crippen LogP contribution >= 0.6 is 27.7 Å². The van der Waals surface area contributed by atoms with Crippen LogP contribution in [0.2, 0.25) is 0 Å². The maximum atomic E-state index is 11.9. The highest BCUT2D eigenvalue weighted by atomic mass is 79.9. The molecule has 1 amide bonds. The topological polar surface area (TPSA) is 29.1 Å². The number of benzene rings is 1. The van der Waals surface area contributed by atoms with Gasteiger partial charge in [0, 0.05) is 15.8 Å². The van der Waals surface area contributed by atoms with Crippen molar-refractivity contribution in [2.24, 2.45) is 0 Å². The van der Waals surface area contributed by atoms with Crippen molar-refractivity contribution in [3.63, 3.8) is 0 Å². The molecule has 0 unspecified atom stereocenters. The summed E-state index contributed by atoms with van der Waals surface area (Å²) in [5.74, 6) is 0.945. The molecule has 0 aliphatic carbocycles. The maximum Gasteiger partial charge on any atom is 0.233 e. The first kappa shape index (κ1) is 15.6. The van der Waals surface area contributed by atoms with Crippen molar-refractivity contribution in [2.45, 2.75) is 44.2 Å². The average molecular weight is 330 g/mol. The van der Waals surface area contributed by atoms with Gasteiger partial charge in [-0.15, -0.1) is 11.8 Å². The molecule has 0 spiro atoms. The molecule has 18 heavy (non-hydrogen) atoms. The summed E-state index contributed by atoms with van der Waals surface area (Å²) in [4.78, 5) is 11.9. The second-order valence-electron chi connectivity index (χ2n) is 5.32. The Morgan fingerprint density at radius 2 is 2.11 bits per heavy atom. The lowest BCUT2D eigenvalue weighted by atomic mass is 10.1. The van der Waals surface area contributed by atoms with E-state index in [9.17, 15) is 4.79 Å². The van der Waals surface area contributed by atoms with E-state index in [2.05, 4.69) is 33.4 Å². The van der Waals surface area contributed by atoms with Gasteiger partial charge in [0.1, 0.15) is 0 Å². The molecular weight excluding hydrogens is 310 g/mol. The zero-order valence-corrected chi connectivity index (χ0v) is 13.7. The average Bonchev–Trinajstić information content (AvgIpc) is 2.23. The smallest absolute Gasteiger partial charge is 0.233 e. The molecule has 1 N–H and O–H groups in total. The first-order chi connectivity index (χ1) is 8.28. The van der Waals surface area contributed by atoms with E-state index in [-0.39, 0.29) is 16.7 Å². The lowest BCUT2D eigenvalue weighted by Gasteiger charge is -2.23. The van der Waals surface area contributed by atoms with Crippen molar-refractivity contribution >= 4 is 33.6 Å². The highest BCUT2D eigenvalue weighted by Crippen LogP contribution is 2.21. The fourth-order valence-corrected chi connectivity index (χ4v) is 2.67. The van der Waals surface area contributed by atoms with E-state index in [1.54, 1.807) is 11.8 Å². The molecule has 1 atom stereocenters. The molecule has 1 aromatic rings. The van der Waals surface area contributed by atoms with Gasteiger partial charge >= 0.3 is 0 Å². The van der Waals surface area contributed by atoms with E-state index in [0.717, 1.165) is 10.2 Å². The van der Waals surface area contributed by atoms with Crippen molar-refractivity contribution in [3.05, 3.63) is 34.3 Å². The molecule has 0 bridgehead atoms. The summed E-state index contributed by atoms with van der Waals surface area (Å²) in [6.45, 7) is 7.94. The molecule has 0 saturated carbocycles. The summed E-state index contributed by atoms with van der Waals surface area (Å²) in [6, 6.07) is 8.18. The zero-order chi connectivity index (χ0) is 13.8. The minimum Gasteiger partial charge on any atom is -0.351 e. The monoisotopic (exact) mass is 329 g/mol. The maximum absolute atomic E-state index is 11.9. The van der Waals surface area contributed by atoms with Crippen LogP contribution < -0.4 is 5.32 Å². The molecule has 0 aliphatic heterocycles. The summed E-state index contributed by atoms with van der Waals surface area (Å²) in [5, 5.41) is 2.96. The van der Waals surface area contributed by atoms with Crippen LogP contribution in [0.25, 0.3) is 0 Å². The van der Waals surface area contributed by atoms with Gasteiger partial charge in [-0.3, -0.25) is 4.79 Å². The van der Waals surface area contributed by atoms with Gasteiger partial charge in [-0.2, -0.15) is 0 Å². The highest BCUT2D eigenvalue weighted by molar-refractivity contribution is 9.10. The number of hydrogen-bond acceptors (Lipinski definition) is 2. The van der Waals surface area contributed by atoms with E-state index < -0.39 is 0 Å². The minimum atomic E-state index is -0.165. The van der Waals surface area contributed by atoms with Crippen LogP contribution in [0.4, 0.5) is 0 Å². The van der Waals surface area contributed by atoms with Gasteiger partial charge in [0.25, 0.3) is 0 Å². The van der Waals surface area contributed by atoms with Crippen LogP contribution in [0.3, 0.4) is 0 Å². The molecular formula is C14H20BrNOS. The fraction of sp³-hybridized carbons (Fsp3) is 0.500. The van der Waals surface area contributed by atoms with E-state index in [1.165, 1.54) is 5.56 Å². The molecule has 0 aliphatic rings. The molecule has 1 aromatic carbocycles. The van der Waals surface area contributed by atoms with Gasteiger partial charge in [0.15, 0.2) is 0 Å². The van der Waals surface area contributed by atoms with Gasteiger partial charge in [-0.05, 0) is 45.4 Å². The second kappa shape index (κ2) is 6.62. The van der Waals surface area contributed by atoms with Gasteiger partial charge < -0.3 is 5.32 Å². The van der Waals surface area contributed by atoms with E-state index in [0.29, 0.717) is 0 Å². The first-order valence-corrected chi connectivity index (χ1v) is 7.80. The van der Waals surface area contributed by atoms with Crippen LogP contribution in [0, 0.1) is 0 Å². The number of halogens is 1. The van der Waals surface area contributed by atoms with Gasteiger partial charge in [0.05, 0.1) is 5.25 Å². The zero-order valence-electron chi connectivity index (χ0n) is 11.3. The summed E-state index contributed by atoms with van der Waals surface area (Å²) >= 11 is 5.10. The summed E-state index contributed by atoms with van der Waals surface area (Å²) in [7, 11) is 0. The Kier molecular flexibility index (Phi) is 5.73. The van der Waals surface area contributed by atoms with Crippen LogP contribution in [0.1, 0.15) is 33.3 Å². The van der Waals surface area contributed by atoms with E-state index in [4.69, 9.17) is 0 Å². The summed E-state index contributed by atoms with van der Waals surface area (Å²) in [6.07, 6.45) is 0. The molecule has 0 saturated heterocycles. The van der Waals surface area contributed by atoms with Crippen molar-refractivity contribution in [2.75, 3.05) is 0 Å². The number of thioether (sulfide) groups is 1. The third kappa shape index (κ3) is 5.91.